The van der Waals surface area contributed by atoms with Crippen molar-refractivity contribution in [3.8, 4) is 11.5 Å². The van der Waals surface area contributed by atoms with Crippen LogP contribution in [0.15, 0.2) is 42.5 Å². The number of rotatable bonds is 7. The molecule has 148 valence electrons. The maximum absolute atomic E-state index is 12.1. The van der Waals surface area contributed by atoms with Crippen molar-refractivity contribution in [2.24, 2.45) is 0 Å². The summed E-state index contributed by atoms with van der Waals surface area (Å²) in [7, 11) is 1.46. The Kier molecular flexibility index (Phi) is 7.02. The zero-order chi connectivity index (χ0) is 20.7. The van der Waals surface area contributed by atoms with Crippen LogP contribution in [0, 0.1) is 6.92 Å². The molecule has 0 saturated carbocycles. The number of imide groups is 1. The molecule has 0 aromatic heterocycles. The first-order chi connectivity index (χ1) is 13.3. The molecule has 2 rings (SSSR count). The molecule has 0 unspecified atom stereocenters. The average molecular weight is 393 g/mol. The van der Waals surface area contributed by atoms with Gasteiger partial charge in [-0.2, -0.15) is 8.78 Å². The highest BCUT2D eigenvalue weighted by molar-refractivity contribution is 6.05. The van der Waals surface area contributed by atoms with Crippen molar-refractivity contribution in [2.45, 2.75) is 13.5 Å². The van der Waals surface area contributed by atoms with Crippen LogP contribution in [0.1, 0.15) is 26.3 Å². The van der Waals surface area contributed by atoms with Gasteiger partial charge >= 0.3 is 12.6 Å². The molecule has 9 heteroatoms. The number of benzene rings is 2. The SMILES string of the molecule is COc1cc(C(=O)OCC(=O)NC(=O)c2ccc(OC(F)F)cc2)ccc1C. The third kappa shape index (κ3) is 5.76. The third-order valence-electron chi connectivity index (χ3n) is 3.57. The molecule has 2 amide bonds. The van der Waals surface area contributed by atoms with Crippen molar-refractivity contribution in [1.82, 2.24) is 5.32 Å². The van der Waals surface area contributed by atoms with Gasteiger partial charge in [0.05, 0.1) is 12.7 Å². The number of nitrogens with one attached hydrogen (secondary N) is 1. The van der Waals surface area contributed by atoms with Crippen molar-refractivity contribution in [2.75, 3.05) is 13.7 Å². The van der Waals surface area contributed by atoms with Gasteiger partial charge in [-0.15, -0.1) is 0 Å². The van der Waals surface area contributed by atoms with Gasteiger partial charge in [0.2, 0.25) is 0 Å². The fourth-order valence-electron chi connectivity index (χ4n) is 2.18. The number of hydrogen-bond acceptors (Lipinski definition) is 6. The molecule has 7 nitrogen and oxygen atoms in total. The van der Waals surface area contributed by atoms with Gasteiger partial charge < -0.3 is 14.2 Å². The predicted octanol–water partition coefficient (Wildman–Crippen LogP) is 2.72. The van der Waals surface area contributed by atoms with E-state index in [-0.39, 0.29) is 16.9 Å². The molecule has 0 radical (unpaired) electrons. The lowest BCUT2D eigenvalue weighted by atomic mass is 10.1. The van der Waals surface area contributed by atoms with Gasteiger partial charge in [0, 0.05) is 5.56 Å². The van der Waals surface area contributed by atoms with E-state index in [1.807, 2.05) is 5.32 Å². The number of halogens is 2. The van der Waals surface area contributed by atoms with E-state index in [9.17, 15) is 23.2 Å². The van der Waals surface area contributed by atoms with Crippen LogP contribution in [0.4, 0.5) is 8.78 Å². The Balaban J connectivity index is 1.87. The summed E-state index contributed by atoms with van der Waals surface area (Å²) < 4.78 is 38.3. The predicted molar refractivity (Wildman–Crippen MR) is 93.6 cm³/mol. The van der Waals surface area contributed by atoms with Gasteiger partial charge in [-0.25, -0.2) is 4.79 Å². The molecule has 0 aliphatic rings. The maximum Gasteiger partial charge on any atom is 0.387 e. The number of ether oxygens (including phenoxy) is 3. The number of esters is 1. The van der Waals surface area contributed by atoms with Gasteiger partial charge in [-0.1, -0.05) is 6.07 Å². The van der Waals surface area contributed by atoms with Crippen molar-refractivity contribution in [3.05, 3.63) is 59.2 Å². The van der Waals surface area contributed by atoms with E-state index in [1.165, 1.54) is 31.4 Å². The minimum absolute atomic E-state index is 0.0459. The molecular weight excluding hydrogens is 376 g/mol. The minimum atomic E-state index is -2.98. The van der Waals surface area contributed by atoms with E-state index in [2.05, 4.69) is 4.74 Å². The van der Waals surface area contributed by atoms with Gasteiger partial charge in [-0.05, 0) is 48.9 Å². The number of aryl methyl sites for hydroxylation is 1. The van der Waals surface area contributed by atoms with Gasteiger partial charge in [0.25, 0.3) is 11.8 Å². The quantitative estimate of drug-likeness (QED) is 0.728. The normalized spacial score (nSPS) is 10.3. The monoisotopic (exact) mass is 393 g/mol. The molecule has 0 aliphatic carbocycles. The molecule has 1 N–H and O–H groups in total. The number of carbonyl (C=O) groups is 3. The molecule has 2 aromatic carbocycles. The lowest BCUT2D eigenvalue weighted by Crippen LogP contribution is -2.34. The van der Waals surface area contributed by atoms with Crippen LogP contribution in [0.25, 0.3) is 0 Å². The highest BCUT2D eigenvalue weighted by Gasteiger charge is 2.15. The van der Waals surface area contributed by atoms with E-state index in [1.54, 1.807) is 13.0 Å². The lowest BCUT2D eigenvalue weighted by Gasteiger charge is -2.09. The summed E-state index contributed by atoms with van der Waals surface area (Å²) in [6, 6.07) is 9.42. The minimum Gasteiger partial charge on any atom is -0.496 e. The summed E-state index contributed by atoms with van der Waals surface area (Å²) in [5.41, 5.74) is 1.06. The van der Waals surface area contributed by atoms with Crippen LogP contribution in [0.3, 0.4) is 0 Å². The van der Waals surface area contributed by atoms with Crippen molar-refractivity contribution in [1.29, 1.82) is 0 Å². The summed E-state index contributed by atoms with van der Waals surface area (Å²) in [5, 5.41) is 2.03. The fourth-order valence-corrected chi connectivity index (χ4v) is 2.18. The number of alkyl halides is 2. The number of hydrogen-bond donors (Lipinski definition) is 1. The highest BCUT2D eigenvalue weighted by atomic mass is 19.3. The van der Waals surface area contributed by atoms with Crippen LogP contribution in [-0.4, -0.2) is 38.1 Å². The first-order valence-electron chi connectivity index (χ1n) is 8.01. The van der Waals surface area contributed by atoms with E-state index >= 15 is 0 Å². The van der Waals surface area contributed by atoms with Crippen LogP contribution in [0.5, 0.6) is 11.5 Å². The van der Waals surface area contributed by atoms with Crippen LogP contribution in [-0.2, 0) is 9.53 Å². The van der Waals surface area contributed by atoms with Crippen LogP contribution in [0.2, 0.25) is 0 Å². The molecule has 2 aromatic rings. The second kappa shape index (κ2) is 9.45. The molecule has 0 fully saturated rings. The zero-order valence-electron chi connectivity index (χ0n) is 15.0. The second-order valence-electron chi connectivity index (χ2n) is 5.54. The Morgan fingerprint density at radius 2 is 1.68 bits per heavy atom. The summed E-state index contributed by atoms with van der Waals surface area (Å²) >= 11 is 0. The summed E-state index contributed by atoms with van der Waals surface area (Å²) in [6.45, 7) is -1.85. The summed E-state index contributed by atoms with van der Waals surface area (Å²) in [4.78, 5) is 35.7. The molecular formula is C19H17F2NO6. The largest absolute Gasteiger partial charge is 0.496 e. The second-order valence-corrected chi connectivity index (χ2v) is 5.54. The van der Waals surface area contributed by atoms with Gasteiger partial charge in [-0.3, -0.25) is 14.9 Å². The Hall–Kier alpha value is -3.49. The zero-order valence-corrected chi connectivity index (χ0v) is 15.0. The average Bonchev–Trinajstić information content (AvgIpc) is 2.66. The van der Waals surface area contributed by atoms with Crippen LogP contribution >= 0.6 is 0 Å². The molecule has 0 bridgehead atoms. The first-order valence-corrected chi connectivity index (χ1v) is 8.01. The van der Waals surface area contributed by atoms with Crippen molar-refractivity contribution >= 4 is 17.8 Å². The Bertz CT molecular complexity index is 867. The highest BCUT2D eigenvalue weighted by Crippen LogP contribution is 2.19. The standard InChI is InChI=1S/C19H17F2NO6/c1-11-3-4-13(9-15(11)26-2)18(25)27-10-16(23)22-17(24)12-5-7-14(8-6-12)28-19(20)21/h3-9,19H,10H2,1-2H3,(H,22,23,24). The van der Waals surface area contributed by atoms with Crippen molar-refractivity contribution < 1.29 is 37.4 Å². The Labute approximate surface area is 159 Å². The fraction of sp³-hybridized carbons (Fsp3) is 0.211. The first kappa shape index (κ1) is 20.8. The number of carbonyl (C=O) groups excluding carboxylic acids is 3. The van der Waals surface area contributed by atoms with E-state index < -0.39 is 31.0 Å². The molecule has 0 heterocycles. The number of methoxy groups -OCH3 is 1. The molecule has 0 aliphatic heterocycles. The third-order valence-corrected chi connectivity index (χ3v) is 3.57. The smallest absolute Gasteiger partial charge is 0.387 e. The molecule has 0 saturated heterocycles. The molecule has 0 atom stereocenters. The summed E-state index contributed by atoms with van der Waals surface area (Å²) in [5.74, 6) is -2.00. The maximum atomic E-state index is 12.1. The molecule has 0 spiro atoms. The lowest BCUT2D eigenvalue weighted by molar-refractivity contribution is -0.123. The topological polar surface area (TPSA) is 90.9 Å². The number of amides is 2. The van der Waals surface area contributed by atoms with E-state index in [4.69, 9.17) is 9.47 Å². The Morgan fingerprint density at radius 1 is 1.04 bits per heavy atom. The van der Waals surface area contributed by atoms with Crippen LogP contribution < -0.4 is 14.8 Å². The summed E-state index contributed by atoms with van der Waals surface area (Å²) in [6.07, 6.45) is 0. The molecule has 28 heavy (non-hydrogen) atoms. The van der Waals surface area contributed by atoms with E-state index in [0.29, 0.717) is 5.75 Å². The van der Waals surface area contributed by atoms with Gasteiger partial charge in [0.1, 0.15) is 11.5 Å². The van der Waals surface area contributed by atoms with Crippen molar-refractivity contribution in [3.63, 3.8) is 0 Å². The Morgan fingerprint density at radius 3 is 2.29 bits per heavy atom. The van der Waals surface area contributed by atoms with Gasteiger partial charge in [0.15, 0.2) is 6.61 Å². The van der Waals surface area contributed by atoms with E-state index in [0.717, 1.165) is 17.7 Å².